The Morgan fingerprint density at radius 2 is 2.00 bits per heavy atom. The van der Waals surface area contributed by atoms with Gasteiger partial charge in [-0.2, -0.15) is 0 Å². The summed E-state index contributed by atoms with van der Waals surface area (Å²) in [5.74, 6) is -0.110. The minimum atomic E-state index is -0.359. The molecule has 1 N–H and O–H groups in total. The summed E-state index contributed by atoms with van der Waals surface area (Å²) < 4.78 is 18.4. The van der Waals surface area contributed by atoms with Crippen molar-refractivity contribution in [2.24, 2.45) is 0 Å². The van der Waals surface area contributed by atoms with Gasteiger partial charge in [0.1, 0.15) is 0 Å². The number of hydrogen-bond donors (Lipinski definition) is 1. The Labute approximate surface area is 123 Å². The summed E-state index contributed by atoms with van der Waals surface area (Å²) in [5.41, 5.74) is 2.91. The number of rotatable bonds is 4. The van der Waals surface area contributed by atoms with E-state index < -0.39 is 0 Å². The van der Waals surface area contributed by atoms with E-state index in [2.05, 4.69) is 5.32 Å². The van der Waals surface area contributed by atoms with E-state index in [-0.39, 0.29) is 17.6 Å². The predicted octanol–water partition coefficient (Wildman–Crippen LogP) is 4.97. The third kappa shape index (κ3) is 3.05. The van der Waals surface area contributed by atoms with Gasteiger partial charge < -0.3 is 10.1 Å². The first-order chi connectivity index (χ1) is 9.52. The maximum absolute atomic E-state index is 13.4. The minimum Gasteiger partial charge on any atom is -0.494 e. The molecular weight excluding hydrogens is 277 g/mol. The lowest BCUT2D eigenvalue weighted by atomic mass is 10.1. The molecule has 0 saturated carbocycles. The molecule has 1 atom stereocenters. The van der Waals surface area contributed by atoms with Crippen LogP contribution in [0.3, 0.4) is 0 Å². The van der Waals surface area contributed by atoms with Crippen molar-refractivity contribution in [3.63, 3.8) is 0 Å². The molecule has 0 fully saturated rings. The molecule has 0 aliphatic carbocycles. The molecule has 0 radical (unpaired) electrons. The van der Waals surface area contributed by atoms with Gasteiger partial charge in [0.25, 0.3) is 0 Å². The van der Waals surface area contributed by atoms with Crippen molar-refractivity contribution in [2.45, 2.75) is 19.9 Å². The number of halogens is 2. The van der Waals surface area contributed by atoms with Crippen LogP contribution in [0.15, 0.2) is 36.4 Å². The molecule has 0 heterocycles. The summed E-state index contributed by atoms with van der Waals surface area (Å²) in [5, 5.41) is 4.10. The molecule has 0 amide bonds. The molecule has 0 bridgehead atoms. The van der Waals surface area contributed by atoms with Crippen LogP contribution >= 0.6 is 11.6 Å². The summed E-state index contributed by atoms with van der Waals surface area (Å²) in [6, 6.07) is 10.6. The Bertz CT molecular complexity index is 615. The van der Waals surface area contributed by atoms with Crippen molar-refractivity contribution >= 4 is 17.3 Å². The molecule has 106 valence electrons. The monoisotopic (exact) mass is 293 g/mol. The molecule has 0 spiro atoms. The standard InChI is InChI=1S/C16H17ClFNO/c1-10-13(17)5-4-6-15(10)19-11(2)12-7-8-14(18)16(9-12)20-3/h4-9,11,19H,1-3H3. The topological polar surface area (TPSA) is 21.3 Å². The van der Waals surface area contributed by atoms with E-state index in [9.17, 15) is 4.39 Å². The first-order valence-electron chi connectivity index (χ1n) is 6.38. The molecular formula is C16H17ClFNO. The zero-order chi connectivity index (χ0) is 14.7. The van der Waals surface area contributed by atoms with Crippen molar-refractivity contribution in [2.75, 3.05) is 12.4 Å². The van der Waals surface area contributed by atoms with Crippen LogP contribution in [0.4, 0.5) is 10.1 Å². The number of ether oxygens (including phenoxy) is 1. The van der Waals surface area contributed by atoms with Gasteiger partial charge in [-0.3, -0.25) is 0 Å². The fourth-order valence-corrected chi connectivity index (χ4v) is 2.20. The summed E-state index contributed by atoms with van der Waals surface area (Å²) in [7, 11) is 1.46. The highest BCUT2D eigenvalue weighted by Gasteiger charge is 2.11. The fraction of sp³-hybridized carbons (Fsp3) is 0.250. The van der Waals surface area contributed by atoms with Gasteiger partial charge in [-0.25, -0.2) is 4.39 Å². The molecule has 0 saturated heterocycles. The molecule has 4 heteroatoms. The highest BCUT2D eigenvalue weighted by Crippen LogP contribution is 2.28. The van der Waals surface area contributed by atoms with Crippen molar-refractivity contribution in [1.29, 1.82) is 0 Å². The smallest absolute Gasteiger partial charge is 0.165 e. The van der Waals surface area contributed by atoms with Crippen LogP contribution < -0.4 is 10.1 Å². The van der Waals surface area contributed by atoms with Crippen LogP contribution in [0.5, 0.6) is 5.75 Å². The van der Waals surface area contributed by atoms with Gasteiger partial charge in [0.2, 0.25) is 0 Å². The zero-order valence-electron chi connectivity index (χ0n) is 11.7. The number of methoxy groups -OCH3 is 1. The summed E-state index contributed by atoms with van der Waals surface area (Å²) in [4.78, 5) is 0. The van der Waals surface area contributed by atoms with Crippen molar-refractivity contribution < 1.29 is 9.13 Å². The van der Waals surface area contributed by atoms with Crippen molar-refractivity contribution in [3.8, 4) is 5.75 Å². The van der Waals surface area contributed by atoms with Gasteiger partial charge in [0.15, 0.2) is 11.6 Å². The first-order valence-corrected chi connectivity index (χ1v) is 6.76. The van der Waals surface area contributed by atoms with E-state index in [1.807, 2.05) is 32.0 Å². The van der Waals surface area contributed by atoms with Gasteiger partial charge in [0.05, 0.1) is 7.11 Å². The number of anilines is 1. The van der Waals surface area contributed by atoms with Crippen LogP contribution in [0.2, 0.25) is 5.02 Å². The Hall–Kier alpha value is -1.74. The van der Waals surface area contributed by atoms with E-state index in [0.29, 0.717) is 0 Å². The summed E-state index contributed by atoms with van der Waals surface area (Å²) >= 11 is 6.10. The SMILES string of the molecule is COc1cc(C(C)Nc2cccc(Cl)c2C)ccc1F. The third-order valence-electron chi connectivity index (χ3n) is 3.31. The van der Waals surface area contributed by atoms with Crippen LogP contribution in [0.1, 0.15) is 24.1 Å². The van der Waals surface area contributed by atoms with Crippen LogP contribution in [-0.2, 0) is 0 Å². The number of benzene rings is 2. The largest absolute Gasteiger partial charge is 0.494 e. The molecule has 2 aromatic rings. The van der Waals surface area contributed by atoms with E-state index >= 15 is 0 Å². The number of hydrogen-bond acceptors (Lipinski definition) is 2. The summed E-state index contributed by atoms with van der Waals surface area (Å²) in [6.07, 6.45) is 0. The van der Waals surface area contributed by atoms with Gasteiger partial charge in [-0.15, -0.1) is 0 Å². The second-order valence-electron chi connectivity index (χ2n) is 4.67. The highest BCUT2D eigenvalue weighted by atomic mass is 35.5. The second-order valence-corrected chi connectivity index (χ2v) is 5.08. The average Bonchev–Trinajstić information content (AvgIpc) is 2.44. The van der Waals surface area contributed by atoms with Crippen molar-refractivity contribution in [1.82, 2.24) is 0 Å². The summed E-state index contributed by atoms with van der Waals surface area (Å²) in [6.45, 7) is 3.97. The molecule has 20 heavy (non-hydrogen) atoms. The maximum Gasteiger partial charge on any atom is 0.165 e. The highest BCUT2D eigenvalue weighted by molar-refractivity contribution is 6.31. The van der Waals surface area contributed by atoms with E-state index in [0.717, 1.165) is 21.8 Å². The van der Waals surface area contributed by atoms with Gasteiger partial charge in [-0.05, 0) is 49.2 Å². The lowest BCUT2D eigenvalue weighted by Gasteiger charge is -2.18. The van der Waals surface area contributed by atoms with E-state index in [1.165, 1.54) is 13.2 Å². The Kier molecular flexibility index (Phi) is 4.50. The predicted molar refractivity (Wildman–Crippen MR) is 81.2 cm³/mol. The fourth-order valence-electron chi connectivity index (χ4n) is 2.03. The molecule has 2 aromatic carbocycles. The van der Waals surface area contributed by atoms with Crippen LogP contribution in [-0.4, -0.2) is 7.11 Å². The Morgan fingerprint density at radius 1 is 1.25 bits per heavy atom. The van der Waals surface area contributed by atoms with Gasteiger partial charge >= 0.3 is 0 Å². The van der Waals surface area contributed by atoms with Gasteiger partial charge in [-0.1, -0.05) is 23.7 Å². The molecule has 2 nitrogen and oxygen atoms in total. The average molecular weight is 294 g/mol. The third-order valence-corrected chi connectivity index (χ3v) is 3.72. The van der Waals surface area contributed by atoms with Crippen LogP contribution in [0.25, 0.3) is 0 Å². The minimum absolute atomic E-state index is 0.0154. The molecule has 1 unspecified atom stereocenters. The Morgan fingerprint density at radius 3 is 2.70 bits per heavy atom. The lowest BCUT2D eigenvalue weighted by Crippen LogP contribution is -2.08. The first kappa shape index (κ1) is 14.7. The Balaban J connectivity index is 2.24. The molecule has 0 aliphatic rings. The lowest BCUT2D eigenvalue weighted by molar-refractivity contribution is 0.385. The van der Waals surface area contributed by atoms with E-state index in [1.54, 1.807) is 12.1 Å². The quantitative estimate of drug-likeness (QED) is 0.859. The maximum atomic E-state index is 13.4. The zero-order valence-corrected chi connectivity index (χ0v) is 12.5. The van der Waals surface area contributed by atoms with E-state index in [4.69, 9.17) is 16.3 Å². The number of nitrogens with one attached hydrogen (secondary N) is 1. The normalized spacial score (nSPS) is 12.1. The van der Waals surface area contributed by atoms with Crippen molar-refractivity contribution in [3.05, 3.63) is 58.4 Å². The second kappa shape index (κ2) is 6.14. The van der Waals surface area contributed by atoms with Crippen LogP contribution in [0, 0.1) is 12.7 Å². The molecule has 2 rings (SSSR count). The van der Waals surface area contributed by atoms with Gasteiger partial charge in [0, 0.05) is 16.8 Å². The molecule has 0 aromatic heterocycles. The molecule has 0 aliphatic heterocycles.